The van der Waals surface area contributed by atoms with Crippen molar-refractivity contribution in [3.8, 4) is 0 Å². The maximum absolute atomic E-state index is 6.06. The van der Waals surface area contributed by atoms with Crippen LogP contribution in [0.3, 0.4) is 0 Å². The maximum atomic E-state index is 6.06. The number of hydrogen-bond acceptors (Lipinski definition) is 1. The molecule has 1 aliphatic rings. The summed E-state index contributed by atoms with van der Waals surface area (Å²) in [5, 5.41) is 1.38. The summed E-state index contributed by atoms with van der Waals surface area (Å²) < 4.78 is 6.06. The van der Waals surface area contributed by atoms with Gasteiger partial charge in [0.1, 0.15) is 0 Å². The molecule has 0 saturated heterocycles. The van der Waals surface area contributed by atoms with Gasteiger partial charge in [0.25, 0.3) is 0 Å². The first kappa shape index (κ1) is 11.5. The second-order valence-corrected chi connectivity index (χ2v) is 8.19. The lowest BCUT2D eigenvalue weighted by atomic mass is 10.1. The molecular formula is C12H20OSi. The van der Waals surface area contributed by atoms with Gasteiger partial charge in [-0.2, -0.15) is 0 Å². The van der Waals surface area contributed by atoms with Crippen LogP contribution in [0.2, 0.25) is 13.1 Å². The molecular weight excluding hydrogens is 188 g/mol. The molecule has 1 heterocycles. The third-order valence-corrected chi connectivity index (χ3v) is 5.35. The summed E-state index contributed by atoms with van der Waals surface area (Å²) in [6, 6.07) is 0. The SMILES string of the molecule is C=CCCC1C=C(C(=C)C)[Si](C)(C)O1. The van der Waals surface area contributed by atoms with E-state index in [9.17, 15) is 0 Å². The first-order chi connectivity index (χ1) is 6.47. The van der Waals surface area contributed by atoms with E-state index in [1.807, 2.05) is 6.08 Å². The average Bonchev–Trinajstić information content (AvgIpc) is 2.37. The normalized spacial score (nSPS) is 24.5. The Bertz CT molecular complexity index is 276. The van der Waals surface area contributed by atoms with Gasteiger partial charge in [-0.15, -0.1) is 6.58 Å². The zero-order valence-corrected chi connectivity index (χ0v) is 10.5. The highest BCUT2D eigenvalue weighted by atomic mass is 28.4. The second-order valence-electron chi connectivity index (χ2n) is 4.39. The van der Waals surface area contributed by atoms with Crippen molar-refractivity contribution in [2.45, 2.75) is 39.0 Å². The fraction of sp³-hybridized carbons (Fsp3) is 0.500. The third-order valence-electron chi connectivity index (χ3n) is 2.56. The van der Waals surface area contributed by atoms with Crippen LogP contribution in [0.4, 0.5) is 0 Å². The molecule has 0 spiro atoms. The molecule has 1 unspecified atom stereocenters. The number of allylic oxidation sites excluding steroid dienone is 3. The molecule has 1 rings (SSSR count). The highest BCUT2D eigenvalue weighted by Gasteiger charge is 2.36. The van der Waals surface area contributed by atoms with Crippen LogP contribution in [-0.4, -0.2) is 14.4 Å². The summed E-state index contributed by atoms with van der Waals surface area (Å²) in [6.07, 6.45) is 6.58. The molecule has 0 fully saturated rings. The molecule has 0 N–H and O–H groups in total. The van der Waals surface area contributed by atoms with E-state index in [0.717, 1.165) is 12.8 Å². The minimum Gasteiger partial charge on any atom is -0.407 e. The molecule has 14 heavy (non-hydrogen) atoms. The van der Waals surface area contributed by atoms with Crippen LogP contribution in [-0.2, 0) is 4.43 Å². The fourth-order valence-corrected chi connectivity index (χ4v) is 4.63. The van der Waals surface area contributed by atoms with E-state index in [-0.39, 0.29) is 0 Å². The Hall–Kier alpha value is -0.603. The maximum Gasteiger partial charge on any atom is 0.218 e. The van der Waals surface area contributed by atoms with Crippen molar-refractivity contribution < 1.29 is 4.43 Å². The molecule has 0 bridgehead atoms. The monoisotopic (exact) mass is 208 g/mol. The molecule has 1 nitrogen and oxygen atoms in total. The molecule has 0 amide bonds. The van der Waals surface area contributed by atoms with Gasteiger partial charge in [0.2, 0.25) is 8.32 Å². The summed E-state index contributed by atoms with van der Waals surface area (Å²) in [6.45, 7) is 14.3. The fourth-order valence-electron chi connectivity index (χ4n) is 1.94. The van der Waals surface area contributed by atoms with Gasteiger partial charge in [-0.05, 0) is 38.1 Å². The molecule has 0 aromatic rings. The Labute approximate surface area is 88.3 Å². The predicted octanol–water partition coefficient (Wildman–Crippen LogP) is 3.60. The first-order valence-corrected chi connectivity index (χ1v) is 8.05. The van der Waals surface area contributed by atoms with Gasteiger partial charge in [0.15, 0.2) is 0 Å². The summed E-state index contributed by atoms with van der Waals surface area (Å²) in [7, 11) is -1.62. The molecule has 1 atom stereocenters. The van der Waals surface area contributed by atoms with Crippen LogP contribution in [0.25, 0.3) is 0 Å². The van der Waals surface area contributed by atoms with Crippen LogP contribution in [0, 0.1) is 0 Å². The van der Waals surface area contributed by atoms with Gasteiger partial charge in [0.05, 0.1) is 6.10 Å². The summed E-state index contributed by atoms with van der Waals surface area (Å²) in [5.41, 5.74) is 1.17. The molecule has 78 valence electrons. The molecule has 0 aliphatic carbocycles. The van der Waals surface area contributed by atoms with Crippen molar-refractivity contribution in [1.29, 1.82) is 0 Å². The molecule has 0 aromatic carbocycles. The van der Waals surface area contributed by atoms with Crippen molar-refractivity contribution in [2.24, 2.45) is 0 Å². The molecule has 0 aromatic heterocycles. The lowest BCUT2D eigenvalue weighted by Crippen LogP contribution is -2.31. The standard InChI is InChI=1S/C12H20OSi/c1-6-7-8-11-9-12(10(2)3)14(4,5)13-11/h6,9,11H,1-2,7-8H2,3-5H3. The van der Waals surface area contributed by atoms with Crippen LogP contribution in [0.5, 0.6) is 0 Å². The molecule has 0 saturated carbocycles. The second kappa shape index (κ2) is 4.28. The van der Waals surface area contributed by atoms with Gasteiger partial charge >= 0.3 is 0 Å². The summed E-state index contributed by atoms with van der Waals surface area (Å²) >= 11 is 0. The van der Waals surface area contributed by atoms with Gasteiger partial charge in [0, 0.05) is 0 Å². The Balaban J connectivity index is 2.71. The van der Waals surface area contributed by atoms with Crippen molar-refractivity contribution in [3.05, 3.63) is 36.1 Å². The van der Waals surface area contributed by atoms with E-state index in [1.54, 1.807) is 0 Å². The highest BCUT2D eigenvalue weighted by molar-refractivity contribution is 6.80. The highest BCUT2D eigenvalue weighted by Crippen LogP contribution is 2.32. The van der Waals surface area contributed by atoms with Gasteiger partial charge < -0.3 is 4.43 Å². The van der Waals surface area contributed by atoms with E-state index in [0.29, 0.717) is 6.10 Å². The Morgan fingerprint density at radius 3 is 2.71 bits per heavy atom. The summed E-state index contributed by atoms with van der Waals surface area (Å²) in [5.74, 6) is 0. The van der Waals surface area contributed by atoms with Crippen LogP contribution >= 0.6 is 0 Å². The van der Waals surface area contributed by atoms with Crippen LogP contribution in [0.1, 0.15) is 19.8 Å². The first-order valence-electron chi connectivity index (χ1n) is 5.14. The van der Waals surface area contributed by atoms with Crippen LogP contribution < -0.4 is 0 Å². The smallest absolute Gasteiger partial charge is 0.218 e. The number of rotatable bonds is 4. The van der Waals surface area contributed by atoms with Gasteiger partial charge in [-0.25, -0.2) is 0 Å². The van der Waals surface area contributed by atoms with E-state index in [1.165, 1.54) is 10.8 Å². The topological polar surface area (TPSA) is 9.23 Å². The average molecular weight is 208 g/mol. The van der Waals surface area contributed by atoms with E-state index >= 15 is 0 Å². The van der Waals surface area contributed by atoms with E-state index < -0.39 is 8.32 Å². The van der Waals surface area contributed by atoms with Crippen molar-refractivity contribution >= 4 is 8.32 Å². The Morgan fingerprint density at radius 2 is 2.29 bits per heavy atom. The van der Waals surface area contributed by atoms with Gasteiger partial charge in [-0.1, -0.05) is 24.3 Å². The molecule has 2 heteroatoms. The Kier molecular flexibility index (Phi) is 3.51. The van der Waals surface area contributed by atoms with E-state index in [4.69, 9.17) is 4.43 Å². The quantitative estimate of drug-likeness (QED) is 0.507. The lowest BCUT2D eigenvalue weighted by Gasteiger charge is -2.21. The van der Waals surface area contributed by atoms with Crippen molar-refractivity contribution in [1.82, 2.24) is 0 Å². The Morgan fingerprint density at radius 1 is 1.64 bits per heavy atom. The van der Waals surface area contributed by atoms with Crippen LogP contribution in [0.15, 0.2) is 36.1 Å². The zero-order chi connectivity index (χ0) is 10.8. The molecule has 1 aliphatic heterocycles. The minimum atomic E-state index is -1.62. The number of hydrogen-bond donors (Lipinski definition) is 0. The molecule has 0 radical (unpaired) electrons. The largest absolute Gasteiger partial charge is 0.407 e. The lowest BCUT2D eigenvalue weighted by molar-refractivity contribution is 0.247. The third kappa shape index (κ3) is 2.46. The van der Waals surface area contributed by atoms with Crippen molar-refractivity contribution in [3.63, 3.8) is 0 Å². The van der Waals surface area contributed by atoms with Crippen molar-refractivity contribution in [2.75, 3.05) is 0 Å². The minimum absolute atomic E-state index is 0.293. The zero-order valence-electron chi connectivity index (χ0n) is 9.47. The van der Waals surface area contributed by atoms with E-state index in [2.05, 4.69) is 39.3 Å². The predicted molar refractivity (Wildman–Crippen MR) is 64.7 cm³/mol. The van der Waals surface area contributed by atoms with Gasteiger partial charge in [-0.3, -0.25) is 0 Å². The summed E-state index contributed by atoms with van der Waals surface area (Å²) in [4.78, 5) is 0.